The Balaban J connectivity index is 1.65. The molecule has 0 spiro atoms. The van der Waals surface area contributed by atoms with Crippen molar-refractivity contribution in [3.8, 4) is 11.8 Å². The number of imide groups is 1. The second kappa shape index (κ2) is 7.59. The van der Waals surface area contributed by atoms with Crippen molar-refractivity contribution in [1.82, 2.24) is 10.0 Å². The van der Waals surface area contributed by atoms with Gasteiger partial charge in [-0.1, -0.05) is 29.3 Å². The summed E-state index contributed by atoms with van der Waals surface area (Å²) in [4.78, 5) is 38.6. The minimum atomic E-state index is -0.487. The molecule has 0 fully saturated rings. The molecule has 130 valence electrons. The first-order valence-electron chi connectivity index (χ1n) is 7.76. The van der Waals surface area contributed by atoms with Crippen LogP contribution in [0.1, 0.15) is 39.0 Å². The summed E-state index contributed by atoms with van der Waals surface area (Å²) in [5.74, 6) is 4.59. The van der Waals surface area contributed by atoms with Crippen LogP contribution in [0, 0.1) is 11.8 Å². The van der Waals surface area contributed by atoms with Gasteiger partial charge in [0, 0.05) is 0 Å². The maximum atomic E-state index is 12.1. The molecule has 2 amide bonds. The minimum Gasteiger partial charge on any atom is -0.399 e. The molecule has 7 heteroatoms. The van der Waals surface area contributed by atoms with E-state index in [1.54, 1.807) is 49.4 Å². The summed E-state index contributed by atoms with van der Waals surface area (Å²) >= 11 is 0. The Kier molecular flexibility index (Phi) is 5.06. The minimum absolute atomic E-state index is 0.123. The number of carbonyl (C=O) groups is 2. The molecule has 0 bridgehead atoms. The van der Waals surface area contributed by atoms with Crippen molar-refractivity contribution in [2.24, 2.45) is 5.16 Å². The molecule has 0 N–H and O–H groups in total. The lowest BCUT2D eigenvalue weighted by atomic mass is 10.1. The summed E-state index contributed by atoms with van der Waals surface area (Å²) in [5, 5.41) is 4.56. The van der Waals surface area contributed by atoms with Gasteiger partial charge in [-0.05, 0) is 37.1 Å². The Morgan fingerprint density at radius 3 is 2.46 bits per heavy atom. The number of carbonyl (C=O) groups excluding carboxylic acids is 2. The molecule has 2 aromatic rings. The second-order valence-corrected chi connectivity index (χ2v) is 5.29. The Bertz CT molecular complexity index is 921. The molecular formula is C19H15N3O4. The molecular weight excluding hydrogens is 334 g/mol. The third-order valence-corrected chi connectivity index (χ3v) is 3.59. The number of aromatic nitrogens is 1. The molecule has 0 radical (unpaired) electrons. The lowest BCUT2D eigenvalue weighted by Gasteiger charge is -2.10. The van der Waals surface area contributed by atoms with Crippen molar-refractivity contribution in [1.29, 1.82) is 0 Å². The molecule has 2 heterocycles. The van der Waals surface area contributed by atoms with Crippen LogP contribution in [-0.4, -0.2) is 41.3 Å². The van der Waals surface area contributed by atoms with Gasteiger partial charge >= 0.3 is 0 Å². The summed E-state index contributed by atoms with van der Waals surface area (Å²) < 4.78 is 0. The maximum absolute atomic E-state index is 12.1. The molecule has 0 atom stereocenters. The summed E-state index contributed by atoms with van der Waals surface area (Å²) in [6.07, 6.45) is 0. The third kappa shape index (κ3) is 3.45. The normalized spacial score (nSPS) is 13.3. The average Bonchev–Trinajstić information content (AvgIpc) is 2.90. The maximum Gasteiger partial charge on any atom is 0.285 e. The van der Waals surface area contributed by atoms with Crippen LogP contribution in [0.2, 0.25) is 0 Å². The zero-order valence-corrected chi connectivity index (χ0v) is 14.2. The summed E-state index contributed by atoms with van der Waals surface area (Å²) in [6, 6.07) is 11.9. The van der Waals surface area contributed by atoms with E-state index in [-0.39, 0.29) is 6.61 Å². The van der Waals surface area contributed by atoms with Crippen LogP contribution >= 0.6 is 0 Å². The van der Waals surface area contributed by atoms with Crippen molar-refractivity contribution >= 4 is 17.5 Å². The number of amides is 2. The predicted octanol–water partition coefficient (Wildman–Crippen LogP) is 2.03. The van der Waals surface area contributed by atoms with Gasteiger partial charge in [-0.3, -0.25) is 9.59 Å². The largest absolute Gasteiger partial charge is 0.399 e. The van der Waals surface area contributed by atoms with Crippen LogP contribution in [0.15, 0.2) is 47.6 Å². The van der Waals surface area contributed by atoms with E-state index in [0.717, 1.165) is 5.06 Å². The number of hydroxylamine groups is 2. The number of pyridine rings is 1. The number of oxime groups is 1. The number of benzene rings is 1. The Hall–Kier alpha value is -3.50. The van der Waals surface area contributed by atoms with E-state index in [9.17, 15) is 9.59 Å². The second-order valence-electron chi connectivity index (χ2n) is 5.29. The van der Waals surface area contributed by atoms with E-state index in [2.05, 4.69) is 22.0 Å². The van der Waals surface area contributed by atoms with Crippen LogP contribution in [0.3, 0.4) is 0 Å². The van der Waals surface area contributed by atoms with Gasteiger partial charge in [-0.25, -0.2) is 9.82 Å². The fourth-order valence-electron chi connectivity index (χ4n) is 2.40. The van der Waals surface area contributed by atoms with Gasteiger partial charge in [0.15, 0.2) is 0 Å². The van der Waals surface area contributed by atoms with Crippen LogP contribution in [0.4, 0.5) is 0 Å². The fraction of sp³-hybridized carbons (Fsp3) is 0.158. The standard InChI is InChI=1S/C19H15N3O4/c1-13(21-25-2)17-11-5-7-14(20-17)8-6-12-26-22-18(23)15-9-3-4-10-16(15)19(22)24/h3-5,7,9-11H,12H2,1-2H3/b21-13-. The molecule has 1 aliphatic rings. The highest BCUT2D eigenvalue weighted by Gasteiger charge is 2.36. The quantitative estimate of drug-likeness (QED) is 0.365. The third-order valence-electron chi connectivity index (χ3n) is 3.59. The summed E-state index contributed by atoms with van der Waals surface area (Å²) in [6.45, 7) is 1.65. The van der Waals surface area contributed by atoms with Gasteiger partial charge in [0.1, 0.15) is 25.1 Å². The van der Waals surface area contributed by atoms with Crippen LogP contribution in [-0.2, 0) is 9.68 Å². The topological polar surface area (TPSA) is 81.1 Å². The fourth-order valence-corrected chi connectivity index (χ4v) is 2.40. The highest BCUT2D eigenvalue weighted by Crippen LogP contribution is 2.22. The first-order chi connectivity index (χ1) is 12.6. The van der Waals surface area contributed by atoms with Crippen molar-refractivity contribution in [3.05, 3.63) is 65.0 Å². The molecule has 26 heavy (non-hydrogen) atoms. The van der Waals surface area contributed by atoms with Crippen molar-refractivity contribution in [3.63, 3.8) is 0 Å². The average molecular weight is 349 g/mol. The molecule has 3 rings (SSSR count). The first-order valence-corrected chi connectivity index (χ1v) is 7.76. The van der Waals surface area contributed by atoms with E-state index < -0.39 is 11.8 Å². The van der Waals surface area contributed by atoms with E-state index in [4.69, 9.17) is 9.68 Å². The lowest BCUT2D eigenvalue weighted by Crippen LogP contribution is -2.30. The smallest absolute Gasteiger partial charge is 0.285 e. The van der Waals surface area contributed by atoms with Crippen molar-refractivity contribution in [2.45, 2.75) is 6.92 Å². The molecule has 1 aromatic heterocycles. The van der Waals surface area contributed by atoms with E-state index in [1.807, 2.05) is 0 Å². The Labute approximate surface area is 150 Å². The molecule has 0 saturated heterocycles. The Morgan fingerprint density at radius 2 is 1.81 bits per heavy atom. The van der Waals surface area contributed by atoms with E-state index in [0.29, 0.717) is 28.2 Å². The number of rotatable bonds is 4. The van der Waals surface area contributed by atoms with Crippen molar-refractivity contribution < 1.29 is 19.3 Å². The number of nitrogens with zero attached hydrogens (tertiary/aromatic N) is 3. The van der Waals surface area contributed by atoms with Gasteiger partial charge in [-0.15, -0.1) is 5.06 Å². The first kappa shape index (κ1) is 17.3. The van der Waals surface area contributed by atoms with Crippen molar-refractivity contribution in [2.75, 3.05) is 13.7 Å². The number of hydrogen-bond donors (Lipinski definition) is 0. The molecule has 7 nitrogen and oxygen atoms in total. The van der Waals surface area contributed by atoms with Gasteiger partial charge in [-0.2, -0.15) is 0 Å². The highest BCUT2D eigenvalue weighted by atomic mass is 16.7. The predicted molar refractivity (Wildman–Crippen MR) is 93.2 cm³/mol. The Morgan fingerprint density at radius 1 is 1.12 bits per heavy atom. The van der Waals surface area contributed by atoms with Gasteiger partial charge in [0.25, 0.3) is 11.8 Å². The monoisotopic (exact) mass is 349 g/mol. The molecule has 1 aromatic carbocycles. The zero-order valence-electron chi connectivity index (χ0n) is 14.2. The van der Waals surface area contributed by atoms with E-state index >= 15 is 0 Å². The van der Waals surface area contributed by atoms with Crippen LogP contribution in [0.5, 0.6) is 0 Å². The van der Waals surface area contributed by atoms with Crippen LogP contribution < -0.4 is 0 Å². The van der Waals surface area contributed by atoms with Gasteiger partial charge in [0.2, 0.25) is 0 Å². The van der Waals surface area contributed by atoms with Crippen LogP contribution in [0.25, 0.3) is 0 Å². The molecule has 1 aliphatic heterocycles. The molecule has 0 unspecified atom stereocenters. The molecule has 0 saturated carbocycles. The molecule has 0 aliphatic carbocycles. The lowest BCUT2D eigenvalue weighted by molar-refractivity contribution is -0.0782. The summed E-state index contributed by atoms with van der Waals surface area (Å²) in [5.41, 5.74) is 2.43. The number of fused-ring (bicyclic) bond motifs is 1. The number of hydrogen-bond acceptors (Lipinski definition) is 6. The van der Waals surface area contributed by atoms with Gasteiger partial charge in [0.05, 0.1) is 16.8 Å². The summed E-state index contributed by atoms with van der Waals surface area (Å²) in [7, 11) is 1.46. The zero-order chi connectivity index (χ0) is 18.5. The SMILES string of the molecule is CO/N=C(/C)c1cccc(C#CCON2C(=O)c3ccccc3C2=O)n1. The van der Waals surface area contributed by atoms with Gasteiger partial charge < -0.3 is 4.84 Å². The highest BCUT2D eigenvalue weighted by molar-refractivity contribution is 6.20. The van der Waals surface area contributed by atoms with E-state index in [1.165, 1.54) is 7.11 Å².